The maximum Gasteiger partial charge on any atom is 0.143 e. The Kier molecular flexibility index (Phi) is 4.16. The van der Waals surface area contributed by atoms with Gasteiger partial charge in [0.2, 0.25) is 0 Å². The van der Waals surface area contributed by atoms with Gasteiger partial charge in [0.15, 0.2) is 0 Å². The maximum atomic E-state index is 7.84. The van der Waals surface area contributed by atoms with Crippen molar-refractivity contribution in [3.05, 3.63) is 71.5 Å². The average Bonchev–Trinajstić information content (AvgIpc) is 2.56. The van der Waals surface area contributed by atoms with Gasteiger partial charge in [0, 0.05) is 24.2 Å². The van der Waals surface area contributed by atoms with Gasteiger partial charge in [0.25, 0.3) is 0 Å². The van der Waals surface area contributed by atoms with Crippen LogP contribution in [0.4, 0.5) is 0 Å². The summed E-state index contributed by atoms with van der Waals surface area (Å²) in [5.74, 6) is 0.467. The summed E-state index contributed by atoms with van der Waals surface area (Å²) < 4.78 is 0. The summed E-state index contributed by atoms with van der Waals surface area (Å²) in [5.41, 5.74) is 9.21. The van der Waals surface area contributed by atoms with Crippen molar-refractivity contribution >= 4 is 17.6 Å². The minimum atomic E-state index is -0.0660. The Labute approximate surface area is 141 Å². The Hall–Kier alpha value is -2.95. The number of amidine groups is 1. The molecule has 0 bridgehead atoms. The predicted octanol–water partition coefficient (Wildman–Crippen LogP) is 3.16. The van der Waals surface area contributed by atoms with Gasteiger partial charge >= 0.3 is 0 Å². The Morgan fingerprint density at radius 1 is 1.29 bits per heavy atom. The van der Waals surface area contributed by atoms with E-state index in [2.05, 4.69) is 47.4 Å². The number of nitrogens with zero attached hydrogens (tertiary/aromatic N) is 2. The van der Waals surface area contributed by atoms with E-state index >= 15 is 0 Å². The molecule has 2 heterocycles. The van der Waals surface area contributed by atoms with E-state index in [-0.39, 0.29) is 11.3 Å². The molecule has 1 aromatic heterocycles. The highest BCUT2D eigenvalue weighted by Crippen LogP contribution is 2.31. The molecule has 2 aliphatic rings. The molecule has 0 amide bonds. The van der Waals surface area contributed by atoms with Crippen molar-refractivity contribution in [3.8, 4) is 0 Å². The molecule has 5 nitrogen and oxygen atoms in total. The molecular formula is C19H21N5. The number of nitrogens with two attached hydrogens (primary N) is 1. The van der Waals surface area contributed by atoms with Crippen molar-refractivity contribution in [1.29, 1.82) is 5.41 Å². The van der Waals surface area contributed by atoms with Crippen LogP contribution in [0.1, 0.15) is 26.0 Å². The highest BCUT2D eigenvalue weighted by molar-refractivity contribution is 6.20. The third-order valence-electron chi connectivity index (χ3n) is 4.02. The van der Waals surface area contributed by atoms with Gasteiger partial charge in [-0.1, -0.05) is 38.1 Å². The standard InChI is InChI=1S/C19H21N5/c1-19(2)8-6-13(7-9-19)14-11-23-18(24-12-14)16(17(20)21)15-5-3-4-10-22-15/h3-8,10-12,23H,9H2,1-2H3,(H3,20,21)/b18-16-. The van der Waals surface area contributed by atoms with E-state index in [1.807, 2.05) is 24.4 Å². The average molecular weight is 319 g/mol. The van der Waals surface area contributed by atoms with E-state index in [0.717, 1.165) is 17.6 Å². The van der Waals surface area contributed by atoms with Gasteiger partial charge < -0.3 is 11.1 Å². The molecule has 1 aliphatic heterocycles. The maximum absolute atomic E-state index is 7.84. The van der Waals surface area contributed by atoms with Gasteiger partial charge in [0.05, 0.1) is 11.3 Å². The molecule has 0 atom stereocenters. The fourth-order valence-corrected chi connectivity index (χ4v) is 2.59. The second-order valence-corrected chi connectivity index (χ2v) is 6.54. The van der Waals surface area contributed by atoms with Gasteiger partial charge in [-0.25, -0.2) is 4.99 Å². The number of allylic oxidation sites excluding steroid dienone is 5. The lowest BCUT2D eigenvalue weighted by atomic mass is 9.83. The van der Waals surface area contributed by atoms with E-state index in [0.29, 0.717) is 17.1 Å². The zero-order chi connectivity index (χ0) is 17.2. The molecule has 122 valence electrons. The first kappa shape index (κ1) is 15.9. The molecular weight excluding hydrogens is 298 g/mol. The highest BCUT2D eigenvalue weighted by atomic mass is 15.0. The van der Waals surface area contributed by atoms with Crippen LogP contribution in [0, 0.1) is 10.8 Å². The minimum absolute atomic E-state index is 0.0660. The molecule has 0 unspecified atom stereocenters. The molecule has 1 aliphatic carbocycles. The van der Waals surface area contributed by atoms with Crippen molar-refractivity contribution in [1.82, 2.24) is 10.3 Å². The van der Waals surface area contributed by atoms with E-state index in [4.69, 9.17) is 11.1 Å². The molecule has 0 aromatic carbocycles. The van der Waals surface area contributed by atoms with Crippen molar-refractivity contribution in [2.45, 2.75) is 20.3 Å². The Morgan fingerprint density at radius 2 is 2.12 bits per heavy atom. The van der Waals surface area contributed by atoms with E-state index in [1.165, 1.54) is 0 Å². The molecule has 5 heteroatoms. The molecule has 0 spiro atoms. The second kappa shape index (κ2) is 6.28. The molecule has 0 saturated carbocycles. The van der Waals surface area contributed by atoms with E-state index in [1.54, 1.807) is 12.4 Å². The van der Waals surface area contributed by atoms with Gasteiger partial charge in [-0.05, 0) is 29.5 Å². The van der Waals surface area contributed by atoms with Gasteiger partial charge in [0.1, 0.15) is 11.7 Å². The zero-order valence-corrected chi connectivity index (χ0v) is 13.9. The Bertz CT molecular complexity index is 807. The van der Waals surface area contributed by atoms with E-state index < -0.39 is 0 Å². The number of aliphatic imine (C=N–C) groups is 1. The van der Waals surface area contributed by atoms with Gasteiger partial charge in [-0.3, -0.25) is 10.4 Å². The summed E-state index contributed by atoms with van der Waals surface area (Å²) in [6.07, 6.45) is 12.9. The van der Waals surface area contributed by atoms with E-state index in [9.17, 15) is 0 Å². The first-order chi connectivity index (χ1) is 11.5. The SMILES string of the molecule is CC1(C)C=CC(C2=CN/C(=C(/C(=N)N)c3ccccn3)N=C2)=CC1. The predicted molar refractivity (Wildman–Crippen MR) is 98.4 cm³/mol. The lowest BCUT2D eigenvalue weighted by Crippen LogP contribution is -2.21. The Morgan fingerprint density at radius 3 is 2.67 bits per heavy atom. The summed E-state index contributed by atoms with van der Waals surface area (Å²) in [6, 6.07) is 5.50. The topological polar surface area (TPSA) is 87.2 Å². The van der Waals surface area contributed by atoms with Crippen LogP contribution >= 0.6 is 0 Å². The number of rotatable bonds is 3. The first-order valence-corrected chi connectivity index (χ1v) is 7.87. The van der Waals surface area contributed by atoms with Gasteiger partial charge in [-0.2, -0.15) is 0 Å². The van der Waals surface area contributed by atoms with Crippen LogP contribution in [0.5, 0.6) is 0 Å². The van der Waals surface area contributed by atoms with Crippen molar-refractivity contribution in [2.75, 3.05) is 0 Å². The molecule has 0 radical (unpaired) electrons. The zero-order valence-electron chi connectivity index (χ0n) is 13.9. The summed E-state index contributed by atoms with van der Waals surface area (Å²) in [7, 11) is 0. The van der Waals surface area contributed by atoms with Crippen molar-refractivity contribution < 1.29 is 0 Å². The molecule has 0 saturated heterocycles. The third kappa shape index (κ3) is 3.35. The van der Waals surface area contributed by atoms with Crippen LogP contribution in [0.2, 0.25) is 0 Å². The molecule has 4 N–H and O–H groups in total. The van der Waals surface area contributed by atoms with Gasteiger partial charge in [-0.15, -0.1) is 0 Å². The fraction of sp³-hybridized carbons (Fsp3) is 0.211. The number of hydrogen-bond acceptors (Lipinski definition) is 4. The number of pyridine rings is 1. The summed E-state index contributed by atoms with van der Waals surface area (Å²) in [4.78, 5) is 8.72. The Balaban J connectivity index is 1.87. The lowest BCUT2D eigenvalue weighted by molar-refractivity contribution is 0.482. The number of aromatic nitrogens is 1. The molecule has 24 heavy (non-hydrogen) atoms. The first-order valence-electron chi connectivity index (χ1n) is 7.87. The van der Waals surface area contributed by atoms with Crippen molar-refractivity contribution in [3.63, 3.8) is 0 Å². The monoisotopic (exact) mass is 319 g/mol. The van der Waals surface area contributed by atoms with Crippen LogP contribution in [0.3, 0.4) is 0 Å². The lowest BCUT2D eigenvalue weighted by Gasteiger charge is -2.23. The second-order valence-electron chi connectivity index (χ2n) is 6.54. The van der Waals surface area contributed by atoms with Crippen molar-refractivity contribution in [2.24, 2.45) is 16.1 Å². The van der Waals surface area contributed by atoms with Crippen LogP contribution in [-0.2, 0) is 0 Å². The third-order valence-corrected chi connectivity index (χ3v) is 4.02. The summed E-state index contributed by atoms with van der Waals surface area (Å²) in [6.45, 7) is 4.43. The number of nitrogens with one attached hydrogen (secondary N) is 2. The molecule has 0 fully saturated rings. The number of hydrogen-bond donors (Lipinski definition) is 3. The largest absolute Gasteiger partial charge is 0.384 e. The fourth-order valence-electron chi connectivity index (χ4n) is 2.59. The summed E-state index contributed by atoms with van der Waals surface area (Å²) >= 11 is 0. The minimum Gasteiger partial charge on any atom is -0.384 e. The smallest absolute Gasteiger partial charge is 0.143 e. The van der Waals surface area contributed by atoms with Crippen LogP contribution in [-0.4, -0.2) is 17.0 Å². The quantitative estimate of drug-likeness (QED) is 0.591. The normalized spacial score (nSPS) is 20.8. The molecule has 3 rings (SSSR count). The van der Waals surface area contributed by atoms with Crippen LogP contribution < -0.4 is 11.1 Å². The molecule has 1 aromatic rings. The van der Waals surface area contributed by atoms with Crippen LogP contribution in [0.15, 0.2) is 70.8 Å². The highest BCUT2D eigenvalue weighted by Gasteiger charge is 2.19. The van der Waals surface area contributed by atoms with Crippen LogP contribution in [0.25, 0.3) is 5.57 Å². The summed E-state index contributed by atoms with van der Waals surface area (Å²) in [5, 5.41) is 11.0.